The highest BCUT2D eigenvalue weighted by Gasteiger charge is 2.22. The third-order valence-corrected chi connectivity index (χ3v) is 3.67. The Bertz CT molecular complexity index is 304. The van der Waals surface area contributed by atoms with Crippen molar-refractivity contribution in [3.63, 3.8) is 0 Å². The summed E-state index contributed by atoms with van der Waals surface area (Å²) in [5, 5.41) is 0. The molecule has 0 aromatic heterocycles. The second kappa shape index (κ2) is 5.46. The van der Waals surface area contributed by atoms with Crippen molar-refractivity contribution in [2.24, 2.45) is 5.73 Å². The Hall–Kier alpha value is -0.860. The second-order valence-corrected chi connectivity index (χ2v) is 4.77. The average Bonchev–Trinajstić information content (AvgIpc) is 2.39. The van der Waals surface area contributed by atoms with E-state index in [9.17, 15) is 0 Å². The summed E-state index contributed by atoms with van der Waals surface area (Å²) in [4.78, 5) is 2.53. The third-order valence-electron chi connectivity index (χ3n) is 3.67. The van der Waals surface area contributed by atoms with Crippen LogP contribution in [0.1, 0.15) is 37.8 Å². The van der Waals surface area contributed by atoms with Crippen molar-refractivity contribution in [1.29, 1.82) is 0 Å². The van der Waals surface area contributed by atoms with Crippen LogP contribution in [0.25, 0.3) is 0 Å². The fourth-order valence-electron chi connectivity index (χ4n) is 2.51. The summed E-state index contributed by atoms with van der Waals surface area (Å²) in [6.45, 7) is 4.67. The molecule has 1 heterocycles. The molecule has 16 heavy (non-hydrogen) atoms. The lowest BCUT2D eigenvalue weighted by atomic mass is 9.98. The maximum atomic E-state index is 6.33. The van der Waals surface area contributed by atoms with Crippen LogP contribution in [0, 0.1) is 0 Å². The average molecular weight is 218 g/mol. The van der Waals surface area contributed by atoms with Crippen LogP contribution in [0.4, 0.5) is 0 Å². The van der Waals surface area contributed by atoms with Gasteiger partial charge in [-0.2, -0.15) is 0 Å². The Balaban J connectivity index is 2.00. The van der Waals surface area contributed by atoms with Gasteiger partial charge < -0.3 is 5.73 Å². The van der Waals surface area contributed by atoms with Crippen molar-refractivity contribution in [3.8, 4) is 0 Å². The zero-order valence-corrected chi connectivity index (χ0v) is 10.1. The Morgan fingerprint density at radius 2 is 1.69 bits per heavy atom. The summed E-state index contributed by atoms with van der Waals surface area (Å²) < 4.78 is 0. The fourth-order valence-corrected chi connectivity index (χ4v) is 2.51. The Morgan fingerprint density at radius 1 is 1.06 bits per heavy atom. The van der Waals surface area contributed by atoms with Crippen molar-refractivity contribution >= 4 is 0 Å². The molecule has 1 aromatic rings. The lowest BCUT2D eigenvalue weighted by Crippen LogP contribution is -2.43. The van der Waals surface area contributed by atoms with Gasteiger partial charge in [0.05, 0.1) is 0 Å². The van der Waals surface area contributed by atoms with Crippen molar-refractivity contribution in [3.05, 3.63) is 35.9 Å². The minimum absolute atomic E-state index is 0.138. The van der Waals surface area contributed by atoms with Crippen LogP contribution in [-0.4, -0.2) is 24.0 Å². The molecule has 1 fully saturated rings. The summed E-state index contributed by atoms with van der Waals surface area (Å²) in [6.07, 6.45) is 4.03. The fraction of sp³-hybridized carbons (Fsp3) is 0.571. The molecule has 0 aliphatic carbocycles. The van der Waals surface area contributed by atoms with Crippen molar-refractivity contribution in [2.45, 2.75) is 38.3 Å². The van der Waals surface area contributed by atoms with Crippen molar-refractivity contribution in [2.75, 3.05) is 13.1 Å². The van der Waals surface area contributed by atoms with Gasteiger partial charge >= 0.3 is 0 Å². The molecular formula is C14H22N2. The molecule has 1 saturated heterocycles. The highest BCUT2D eigenvalue weighted by atomic mass is 15.2. The lowest BCUT2D eigenvalue weighted by Gasteiger charge is -2.35. The van der Waals surface area contributed by atoms with E-state index >= 15 is 0 Å². The standard InChI is InChI=1S/C14H22N2/c1-12(16-10-6-3-7-11-16)14(15)13-8-4-2-5-9-13/h2,4-5,8-9,12,14H,3,6-7,10-11,15H2,1H3. The Labute approximate surface area is 98.4 Å². The summed E-state index contributed by atoms with van der Waals surface area (Å²) in [6, 6.07) is 11.0. The van der Waals surface area contributed by atoms with E-state index in [2.05, 4.69) is 36.1 Å². The minimum atomic E-state index is 0.138. The van der Waals surface area contributed by atoms with Gasteiger partial charge in [0.2, 0.25) is 0 Å². The topological polar surface area (TPSA) is 29.3 Å². The Morgan fingerprint density at radius 3 is 2.31 bits per heavy atom. The quantitative estimate of drug-likeness (QED) is 0.845. The van der Waals surface area contributed by atoms with Crippen LogP contribution >= 0.6 is 0 Å². The number of benzene rings is 1. The van der Waals surface area contributed by atoms with Gasteiger partial charge in [0.1, 0.15) is 0 Å². The first-order valence-corrected chi connectivity index (χ1v) is 6.33. The van der Waals surface area contributed by atoms with E-state index < -0.39 is 0 Å². The number of rotatable bonds is 3. The number of piperidine rings is 1. The molecule has 0 spiro atoms. The van der Waals surface area contributed by atoms with Gasteiger partial charge in [-0.25, -0.2) is 0 Å². The van der Waals surface area contributed by atoms with Crippen molar-refractivity contribution < 1.29 is 0 Å². The molecule has 88 valence electrons. The van der Waals surface area contributed by atoms with Gasteiger partial charge in [-0.1, -0.05) is 36.8 Å². The molecule has 1 aliphatic rings. The number of nitrogens with two attached hydrogens (primary N) is 1. The van der Waals surface area contributed by atoms with Crippen LogP contribution in [0.2, 0.25) is 0 Å². The SMILES string of the molecule is CC(C(N)c1ccccc1)N1CCCCC1. The summed E-state index contributed by atoms with van der Waals surface area (Å²) >= 11 is 0. The van der Waals surface area contributed by atoms with E-state index in [1.165, 1.54) is 37.9 Å². The van der Waals surface area contributed by atoms with E-state index in [0.29, 0.717) is 6.04 Å². The number of hydrogen-bond donors (Lipinski definition) is 1. The van der Waals surface area contributed by atoms with Gasteiger partial charge in [0.25, 0.3) is 0 Å². The Kier molecular flexibility index (Phi) is 3.97. The van der Waals surface area contributed by atoms with Gasteiger partial charge in [0, 0.05) is 12.1 Å². The maximum absolute atomic E-state index is 6.33. The molecular weight excluding hydrogens is 196 g/mol. The van der Waals surface area contributed by atoms with Crippen LogP contribution in [0.3, 0.4) is 0 Å². The molecule has 2 nitrogen and oxygen atoms in total. The largest absolute Gasteiger partial charge is 0.323 e. The maximum Gasteiger partial charge on any atom is 0.0450 e. The molecule has 0 amide bonds. The predicted molar refractivity (Wildman–Crippen MR) is 68.3 cm³/mol. The summed E-state index contributed by atoms with van der Waals surface area (Å²) in [7, 11) is 0. The van der Waals surface area contributed by atoms with Gasteiger partial charge in [0.15, 0.2) is 0 Å². The molecule has 1 aliphatic heterocycles. The molecule has 0 bridgehead atoms. The predicted octanol–water partition coefficient (Wildman–Crippen LogP) is 2.56. The van der Waals surface area contributed by atoms with E-state index in [1.54, 1.807) is 0 Å². The molecule has 2 rings (SSSR count). The van der Waals surface area contributed by atoms with Gasteiger partial charge in [-0.3, -0.25) is 4.90 Å². The number of hydrogen-bond acceptors (Lipinski definition) is 2. The van der Waals surface area contributed by atoms with Crippen molar-refractivity contribution in [1.82, 2.24) is 4.90 Å². The van der Waals surface area contributed by atoms with Crippen LogP contribution in [0.5, 0.6) is 0 Å². The van der Waals surface area contributed by atoms with Crippen LogP contribution < -0.4 is 5.73 Å². The van der Waals surface area contributed by atoms with Gasteiger partial charge in [-0.15, -0.1) is 0 Å². The molecule has 1 aromatic carbocycles. The smallest absolute Gasteiger partial charge is 0.0450 e. The van der Waals surface area contributed by atoms with Crippen LogP contribution in [0.15, 0.2) is 30.3 Å². The molecule has 2 atom stereocenters. The molecule has 2 unspecified atom stereocenters. The zero-order valence-electron chi connectivity index (χ0n) is 10.1. The number of likely N-dealkylation sites (tertiary alicyclic amines) is 1. The monoisotopic (exact) mass is 218 g/mol. The minimum Gasteiger partial charge on any atom is -0.323 e. The van der Waals surface area contributed by atoms with Crippen LogP contribution in [-0.2, 0) is 0 Å². The van der Waals surface area contributed by atoms with E-state index in [-0.39, 0.29) is 6.04 Å². The third kappa shape index (κ3) is 2.63. The van der Waals surface area contributed by atoms with E-state index in [4.69, 9.17) is 5.73 Å². The second-order valence-electron chi connectivity index (χ2n) is 4.77. The van der Waals surface area contributed by atoms with Gasteiger partial charge in [-0.05, 0) is 38.4 Å². The molecule has 2 N–H and O–H groups in total. The first kappa shape index (κ1) is 11.6. The normalized spacial score (nSPS) is 21.6. The van der Waals surface area contributed by atoms with E-state index in [0.717, 1.165) is 0 Å². The first-order valence-electron chi connectivity index (χ1n) is 6.33. The highest BCUT2D eigenvalue weighted by Crippen LogP contribution is 2.21. The summed E-state index contributed by atoms with van der Waals surface area (Å²) in [5.41, 5.74) is 7.58. The number of nitrogens with zero attached hydrogens (tertiary/aromatic N) is 1. The molecule has 0 radical (unpaired) electrons. The van der Waals surface area contributed by atoms with E-state index in [1.807, 2.05) is 6.07 Å². The zero-order chi connectivity index (χ0) is 11.4. The molecule has 2 heteroatoms. The highest BCUT2D eigenvalue weighted by molar-refractivity contribution is 5.19. The molecule has 0 saturated carbocycles. The lowest BCUT2D eigenvalue weighted by molar-refractivity contribution is 0.154. The first-order chi connectivity index (χ1) is 7.79. The summed E-state index contributed by atoms with van der Waals surface area (Å²) in [5.74, 6) is 0.